The number of carboxylic acid groups (broad SMARTS) is 1. The fourth-order valence-electron chi connectivity index (χ4n) is 1.62. The molecule has 0 spiro atoms. The first-order valence-electron chi connectivity index (χ1n) is 6.48. The van der Waals surface area contributed by atoms with E-state index in [1.54, 1.807) is 0 Å². The zero-order valence-electron chi connectivity index (χ0n) is 10.7. The van der Waals surface area contributed by atoms with Crippen LogP contribution in [-0.4, -0.2) is 28.7 Å². The van der Waals surface area contributed by atoms with Crippen molar-refractivity contribution in [1.82, 2.24) is 0 Å². The molecule has 2 N–H and O–H groups in total. The summed E-state index contributed by atoms with van der Waals surface area (Å²) >= 11 is 0. The van der Waals surface area contributed by atoms with Crippen molar-refractivity contribution < 1.29 is 19.3 Å². The molecule has 0 heterocycles. The fourth-order valence-corrected chi connectivity index (χ4v) is 2.54. The zero-order chi connectivity index (χ0) is 12.9. The van der Waals surface area contributed by atoms with E-state index < -0.39 is 14.3 Å². The van der Waals surface area contributed by atoms with Gasteiger partial charge in [-0.3, -0.25) is 4.79 Å². The zero-order valence-corrected chi connectivity index (χ0v) is 11.6. The van der Waals surface area contributed by atoms with Crippen molar-refractivity contribution in [1.29, 1.82) is 0 Å². The molecule has 0 aliphatic carbocycles. The van der Waals surface area contributed by atoms with E-state index >= 15 is 0 Å². The average molecular weight is 264 g/mol. The second-order valence-electron chi connectivity index (χ2n) is 4.11. The molecule has 0 rings (SSSR count). The highest BCUT2D eigenvalue weighted by Gasteiger charge is 2.02. The van der Waals surface area contributed by atoms with Gasteiger partial charge in [-0.25, -0.2) is 0 Å². The van der Waals surface area contributed by atoms with E-state index in [2.05, 4.69) is 0 Å². The Labute approximate surface area is 105 Å². The van der Waals surface area contributed by atoms with Gasteiger partial charge in [0.2, 0.25) is 0 Å². The van der Waals surface area contributed by atoms with E-state index in [0.717, 1.165) is 44.7 Å². The standard InChI is InChI=1S/C12H25O4P/c1-2-16-17(15)11-9-7-5-3-4-6-8-10-12(13)14/h15H,2-11H2,1H3,(H,13,14). The summed E-state index contributed by atoms with van der Waals surface area (Å²) < 4.78 is 5.09. The lowest BCUT2D eigenvalue weighted by atomic mass is 10.1. The molecule has 5 heteroatoms. The number of carboxylic acids is 1. The predicted molar refractivity (Wildman–Crippen MR) is 70.2 cm³/mol. The quantitative estimate of drug-likeness (QED) is 0.418. The largest absolute Gasteiger partial charge is 0.481 e. The van der Waals surface area contributed by atoms with Gasteiger partial charge in [0.25, 0.3) is 0 Å². The Balaban J connectivity index is 3.05. The highest BCUT2D eigenvalue weighted by molar-refractivity contribution is 7.46. The Hall–Kier alpha value is -0.180. The van der Waals surface area contributed by atoms with Crippen LogP contribution in [0.1, 0.15) is 58.3 Å². The van der Waals surface area contributed by atoms with Crippen molar-refractivity contribution in [3.63, 3.8) is 0 Å². The lowest BCUT2D eigenvalue weighted by Gasteiger charge is -2.08. The summed E-state index contributed by atoms with van der Waals surface area (Å²) in [7, 11) is -1.18. The molecular formula is C12H25O4P. The molecule has 102 valence electrons. The molecule has 0 amide bonds. The van der Waals surface area contributed by atoms with Crippen LogP contribution < -0.4 is 0 Å². The van der Waals surface area contributed by atoms with Gasteiger partial charge >= 0.3 is 5.97 Å². The van der Waals surface area contributed by atoms with Crippen molar-refractivity contribution >= 4 is 14.3 Å². The van der Waals surface area contributed by atoms with Gasteiger partial charge in [-0.05, 0) is 19.8 Å². The van der Waals surface area contributed by atoms with Gasteiger partial charge in [0.05, 0.1) is 6.61 Å². The lowest BCUT2D eigenvalue weighted by Crippen LogP contribution is -1.93. The molecule has 1 unspecified atom stereocenters. The first-order valence-corrected chi connectivity index (χ1v) is 7.87. The lowest BCUT2D eigenvalue weighted by molar-refractivity contribution is -0.137. The molecule has 0 fully saturated rings. The third kappa shape index (κ3) is 13.8. The monoisotopic (exact) mass is 264 g/mol. The second kappa shape index (κ2) is 12.3. The molecule has 0 saturated carbocycles. The van der Waals surface area contributed by atoms with E-state index in [1.807, 2.05) is 6.92 Å². The molecule has 0 bridgehead atoms. The summed E-state index contributed by atoms with van der Waals surface area (Å²) in [5.74, 6) is -0.697. The number of hydrogen-bond donors (Lipinski definition) is 2. The van der Waals surface area contributed by atoms with E-state index in [1.165, 1.54) is 6.42 Å². The highest BCUT2D eigenvalue weighted by atomic mass is 31.2. The van der Waals surface area contributed by atoms with Crippen LogP contribution >= 0.6 is 8.38 Å². The fraction of sp³-hybridized carbons (Fsp3) is 0.917. The molecule has 0 aliphatic heterocycles. The minimum absolute atomic E-state index is 0.295. The maximum Gasteiger partial charge on any atom is 0.303 e. The van der Waals surface area contributed by atoms with Crippen LogP contribution in [-0.2, 0) is 9.32 Å². The van der Waals surface area contributed by atoms with E-state index in [0.29, 0.717) is 13.0 Å². The number of hydrogen-bond acceptors (Lipinski definition) is 3. The molecule has 1 atom stereocenters. The van der Waals surface area contributed by atoms with Crippen LogP contribution in [0.25, 0.3) is 0 Å². The van der Waals surface area contributed by atoms with E-state index in [9.17, 15) is 9.69 Å². The van der Waals surface area contributed by atoms with Crippen molar-refractivity contribution in [2.45, 2.75) is 58.3 Å². The molecule has 0 aromatic heterocycles. The normalized spacial score (nSPS) is 12.6. The summed E-state index contributed by atoms with van der Waals surface area (Å²) in [6, 6.07) is 0. The number of aliphatic carboxylic acids is 1. The third-order valence-corrected chi connectivity index (χ3v) is 3.77. The molecule has 0 aliphatic rings. The number of unbranched alkanes of at least 4 members (excludes halogenated alkanes) is 6. The highest BCUT2D eigenvalue weighted by Crippen LogP contribution is 2.32. The van der Waals surface area contributed by atoms with Gasteiger partial charge in [-0.15, -0.1) is 0 Å². The van der Waals surface area contributed by atoms with Crippen LogP contribution in [0.5, 0.6) is 0 Å². The minimum atomic E-state index is -1.18. The van der Waals surface area contributed by atoms with Crippen LogP contribution in [0.15, 0.2) is 0 Å². The van der Waals surface area contributed by atoms with Crippen molar-refractivity contribution in [3.8, 4) is 0 Å². The summed E-state index contributed by atoms with van der Waals surface area (Å²) in [5.41, 5.74) is 0. The van der Waals surface area contributed by atoms with Crippen LogP contribution in [0.2, 0.25) is 0 Å². The maximum absolute atomic E-state index is 10.3. The van der Waals surface area contributed by atoms with Crippen LogP contribution in [0.4, 0.5) is 0 Å². The molecule has 17 heavy (non-hydrogen) atoms. The Bertz CT molecular complexity index is 187. The van der Waals surface area contributed by atoms with Crippen molar-refractivity contribution in [2.75, 3.05) is 12.8 Å². The molecule has 0 aromatic rings. The Morgan fingerprint density at radius 3 is 2.12 bits per heavy atom. The summed E-state index contributed by atoms with van der Waals surface area (Å²) in [6.45, 7) is 2.48. The third-order valence-electron chi connectivity index (χ3n) is 2.52. The average Bonchev–Trinajstić information content (AvgIpc) is 2.27. The Morgan fingerprint density at radius 1 is 1.06 bits per heavy atom. The smallest absolute Gasteiger partial charge is 0.303 e. The minimum Gasteiger partial charge on any atom is -0.481 e. The van der Waals surface area contributed by atoms with Crippen LogP contribution in [0.3, 0.4) is 0 Å². The van der Waals surface area contributed by atoms with Crippen molar-refractivity contribution in [2.24, 2.45) is 0 Å². The Morgan fingerprint density at radius 2 is 1.59 bits per heavy atom. The van der Waals surface area contributed by atoms with Crippen LogP contribution in [0, 0.1) is 0 Å². The van der Waals surface area contributed by atoms with Crippen molar-refractivity contribution in [3.05, 3.63) is 0 Å². The van der Waals surface area contributed by atoms with Gasteiger partial charge in [0.1, 0.15) is 0 Å². The maximum atomic E-state index is 10.3. The Kier molecular flexibility index (Phi) is 12.2. The topological polar surface area (TPSA) is 66.8 Å². The SMILES string of the molecule is CCOP(O)CCCCCCCCCC(=O)O. The van der Waals surface area contributed by atoms with Gasteiger partial charge in [0, 0.05) is 12.6 Å². The van der Waals surface area contributed by atoms with Gasteiger partial charge in [0.15, 0.2) is 8.38 Å². The molecular weight excluding hydrogens is 239 g/mol. The summed E-state index contributed by atoms with van der Waals surface area (Å²) in [6.07, 6.45) is 8.49. The van der Waals surface area contributed by atoms with Gasteiger partial charge < -0.3 is 14.5 Å². The van der Waals surface area contributed by atoms with E-state index in [-0.39, 0.29) is 0 Å². The molecule has 4 nitrogen and oxygen atoms in total. The predicted octanol–water partition coefficient (Wildman–Crippen LogP) is 3.53. The van der Waals surface area contributed by atoms with Gasteiger partial charge in [-0.2, -0.15) is 0 Å². The number of carbonyl (C=O) groups is 1. The summed E-state index contributed by atoms with van der Waals surface area (Å²) in [4.78, 5) is 19.6. The molecule has 0 saturated heterocycles. The molecule has 0 aromatic carbocycles. The second-order valence-corrected chi connectivity index (χ2v) is 5.52. The first kappa shape index (κ1) is 16.8. The first-order chi connectivity index (χ1) is 8.16. The summed E-state index contributed by atoms with van der Waals surface area (Å²) in [5, 5.41) is 8.45. The van der Waals surface area contributed by atoms with E-state index in [4.69, 9.17) is 9.63 Å². The number of rotatable bonds is 12. The van der Waals surface area contributed by atoms with Gasteiger partial charge in [-0.1, -0.05) is 32.1 Å². The molecule has 0 radical (unpaired) electrons.